The monoisotopic (exact) mass is 152 g/mol. The SMILES string of the molecule is NC(=O)c1cccc(O)c1N. The summed E-state index contributed by atoms with van der Waals surface area (Å²) < 4.78 is 0. The Bertz CT molecular complexity index is 296. The highest BCUT2D eigenvalue weighted by molar-refractivity contribution is 5.99. The summed E-state index contributed by atoms with van der Waals surface area (Å²) in [5.74, 6) is -0.764. The van der Waals surface area contributed by atoms with Crippen molar-refractivity contribution in [3.8, 4) is 5.75 Å². The molecule has 0 heterocycles. The Morgan fingerprint density at radius 1 is 1.45 bits per heavy atom. The lowest BCUT2D eigenvalue weighted by Gasteiger charge is -2.01. The van der Waals surface area contributed by atoms with Crippen LogP contribution in [0.4, 0.5) is 5.69 Å². The summed E-state index contributed by atoms with van der Waals surface area (Å²) in [6.07, 6.45) is 0. The molecule has 4 heteroatoms. The number of phenolic OH excluding ortho intramolecular Hbond substituents is 1. The van der Waals surface area contributed by atoms with Crippen molar-refractivity contribution in [3.63, 3.8) is 0 Å². The van der Waals surface area contributed by atoms with Gasteiger partial charge in [0.25, 0.3) is 5.91 Å². The van der Waals surface area contributed by atoms with Gasteiger partial charge in [0, 0.05) is 0 Å². The highest BCUT2D eigenvalue weighted by atomic mass is 16.3. The first kappa shape index (κ1) is 7.40. The maximum Gasteiger partial charge on any atom is 0.250 e. The molecule has 58 valence electrons. The number of hydrogen-bond donors (Lipinski definition) is 3. The number of phenols is 1. The number of primary amides is 1. The van der Waals surface area contributed by atoms with Gasteiger partial charge < -0.3 is 16.6 Å². The summed E-state index contributed by atoms with van der Waals surface area (Å²) >= 11 is 0. The van der Waals surface area contributed by atoms with Gasteiger partial charge in [-0.3, -0.25) is 4.79 Å². The van der Waals surface area contributed by atoms with Crippen LogP contribution in [-0.4, -0.2) is 11.0 Å². The summed E-state index contributed by atoms with van der Waals surface area (Å²) in [5, 5.41) is 9.02. The predicted molar refractivity (Wildman–Crippen MR) is 41.0 cm³/mol. The second-order valence-corrected chi connectivity index (χ2v) is 2.10. The van der Waals surface area contributed by atoms with Crippen LogP contribution >= 0.6 is 0 Å². The second kappa shape index (κ2) is 2.49. The predicted octanol–water partition coefficient (Wildman–Crippen LogP) is 0.0733. The Kier molecular flexibility index (Phi) is 1.68. The molecule has 4 nitrogen and oxygen atoms in total. The molecule has 11 heavy (non-hydrogen) atoms. The fourth-order valence-corrected chi connectivity index (χ4v) is 0.768. The Morgan fingerprint density at radius 3 is 2.55 bits per heavy atom. The largest absolute Gasteiger partial charge is 0.506 e. The fraction of sp³-hybridized carbons (Fsp3) is 0. The van der Waals surface area contributed by atoms with E-state index in [1.807, 2.05) is 0 Å². The first-order chi connectivity index (χ1) is 5.13. The van der Waals surface area contributed by atoms with Crippen LogP contribution in [0.5, 0.6) is 5.75 Å². The van der Waals surface area contributed by atoms with E-state index in [1.165, 1.54) is 18.2 Å². The third-order valence-corrected chi connectivity index (χ3v) is 1.35. The maximum atomic E-state index is 10.6. The number of rotatable bonds is 1. The Hall–Kier alpha value is -1.71. The van der Waals surface area contributed by atoms with E-state index in [-0.39, 0.29) is 17.0 Å². The number of carbonyl (C=O) groups excluding carboxylic acids is 1. The molecule has 0 radical (unpaired) electrons. The van der Waals surface area contributed by atoms with Crippen molar-refractivity contribution < 1.29 is 9.90 Å². The molecule has 0 unspecified atom stereocenters. The van der Waals surface area contributed by atoms with Crippen LogP contribution in [0.3, 0.4) is 0 Å². The van der Waals surface area contributed by atoms with E-state index in [2.05, 4.69) is 0 Å². The maximum absolute atomic E-state index is 10.6. The summed E-state index contributed by atoms with van der Waals surface area (Å²) in [6, 6.07) is 4.35. The van der Waals surface area contributed by atoms with E-state index in [1.54, 1.807) is 0 Å². The minimum absolute atomic E-state index is 0.0278. The van der Waals surface area contributed by atoms with Crippen molar-refractivity contribution >= 4 is 11.6 Å². The molecule has 0 saturated carbocycles. The number of amides is 1. The van der Waals surface area contributed by atoms with Crippen molar-refractivity contribution in [2.45, 2.75) is 0 Å². The highest BCUT2D eigenvalue weighted by Crippen LogP contribution is 2.22. The van der Waals surface area contributed by atoms with Crippen LogP contribution in [0.2, 0.25) is 0 Å². The van der Waals surface area contributed by atoms with Gasteiger partial charge in [0.1, 0.15) is 5.75 Å². The minimum atomic E-state index is -0.640. The number of aromatic hydroxyl groups is 1. The van der Waals surface area contributed by atoms with E-state index in [0.717, 1.165) is 0 Å². The fourth-order valence-electron chi connectivity index (χ4n) is 0.768. The normalized spacial score (nSPS) is 9.45. The zero-order valence-corrected chi connectivity index (χ0v) is 5.74. The van der Waals surface area contributed by atoms with Gasteiger partial charge in [-0.05, 0) is 12.1 Å². The van der Waals surface area contributed by atoms with Crippen molar-refractivity contribution in [2.24, 2.45) is 5.73 Å². The molecule has 0 aliphatic carbocycles. The van der Waals surface area contributed by atoms with E-state index < -0.39 is 5.91 Å². The van der Waals surface area contributed by atoms with Gasteiger partial charge in [0.2, 0.25) is 0 Å². The standard InChI is InChI=1S/C7H8N2O2/c8-6-4(7(9)11)2-1-3-5(6)10/h1-3,10H,8H2,(H2,9,11). The first-order valence-corrected chi connectivity index (χ1v) is 3.00. The van der Waals surface area contributed by atoms with Crippen LogP contribution < -0.4 is 11.5 Å². The molecule has 0 atom stereocenters. The Morgan fingerprint density at radius 2 is 2.09 bits per heavy atom. The van der Waals surface area contributed by atoms with E-state index in [9.17, 15) is 4.79 Å². The van der Waals surface area contributed by atoms with Crippen molar-refractivity contribution in [1.82, 2.24) is 0 Å². The molecular weight excluding hydrogens is 144 g/mol. The second-order valence-electron chi connectivity index (χ2n) is 2.10. The molecule has 0 aromatic heterocycles. The first-order valence-electron chi connectivity index (χ1n) is 3.00. The average molecular weight is 152 g/mol. The highest BCUT2D eigenvalue weighted by Gasteiger charge is 2.07. The molecule has 1 aromatic rings. The number of nitrogens with two attached hydrogens (primary N) is 2. The van der Waals surface area contributed by atoms with Gasteiger partial charge in [0.05, 0.1) is 11.3 Å². The van der Waals surface area contributed by atoms with Gasteiger partial charge in [-0.15, -0.1) is 0 Å². The van der Waals surface area contributed by atoms with Crippen molar-refractivity contribution in [2.75, 3.05) is 5.73 Å². The molecule has 0 saturated heterocycles. The number of hydrogen-bond acceptors (Lipinski definition) is 3. The van der Waals surface area contributed by atoms with Crippen molar-refractivity contribution in [3.05, 3.63) is 23.8 Å². The number of benzene rings is 1. The third kappa shape index (κ3) is 1.24. The van der Waals surface area contributed by atoms with Gasteiger partial charge in [-0.25, -0.2) is 0 Å². The van der Waals surface area contributed by atoms with Crippen LogP contribution in [0, 0.1) is 0 Å². The molecule has 0 aliphatic rings. The van der Waals surface area contributed by atoms with Gasteiger partial charge in [-0.1, -0.05) is 6.07 Å². The zero-order valence-electron chi connectivity index (χ0n) is 5.74. The molecule has 1 rings (SSSR count). The molecular formula is C7H8N2O2. The minimum Gasteiger partial charge on any atom is -0.506 e. The number of nitrogen functional groups attached to an aromatic ring is 1. The van der Waals surface area contributed by atoms with E-state index in [0.29, 0.717) is 0 Å². The topological polar surface area (TPSA) is 89.3 Å². The third-order valence-electron chi connectivity index (χ3n) is 1.35. The van der Waals surface area contributed by atoms with E-state index >= 15 is 0 Å². The molecule has 5 N–H and O–H groups in total. The van der Waals surface area contributed by atoms with Crippen LogP contribution in [0.15, 0.2) is 18.2 Å². The molecule has 0 fully saturated rings. The van der Waals surface area contributed by atoms with Crippen LogP contribution in [-0.2, 0) is 0 Å². The summed E-state index contributed by atoms with van der Waals surface area (Å²) in [7, 11) is 0. The Balaban J connectivity index is 3.27. The van der Waals surface area contributed by atoms with Crippen molar-refractivity contribution in [1.29, 1.82) is 0 Å². The summed E-state index contributed by atoms with van der Waals surface area (Å²) in [6.45, 7) is 0. The lowest BCUT2D eigenvalue weighted by atomic mass is 10.1. The number of carbonyl (C=O) groups is 1. The smallest absolute Gasteiger partial charge is 0.250 e. The van der Waals surface area contributed by atoms with Gasteiger partial charge in [-0.2, -0.15) is 0 Å². The number of anilines is 1. The van der Waals surface area contributed by atoms with Crippen LogP contribution in [0.1, 0.15) is 10.4 Å². The lowest BCUT2D eigenvalue weighted by Crippen LogP contribution is -2.13. The number of para-hydroxylation sites is 1. The molecule has 0 bridgehead atoms. The molecule has 0 spiro atoms. The van der Waals surface area contributed by atoms with Crippen LogP contribution in [0.25, 0.3) is 0 Å². The summed E-state index contributed by atoms with van der Waals surface area (Å²) in [4.78, 5) is 10.6. The average Bonchev–Trinajstić information content (AvgIpc) is 1.94. The zero-order chi connectivity index (χ0) is 8.43. The quantitative estimate of drug-likeness (QED) is 0.393. The molecule has 1 amide bonds. The lowest BCUT2D eigenvalue weighted by molar-refractivity contribution is 0.100. The Labute approximate surface area is 63.4 Å². The molecule has 1 aromatic carbocycles. The molecule has 0 aliphatic heterocycles. The summed E-state index contributed by atoms with van der Waals surface area (Å²) in [5.41, 5.74) is 10.5. The van der Waals surface area contributed by atoms with Gasteiger partial charge >= 0.3 is 0 Å². The van der Waals surface area contributed by atoms with E-state index in [4.69, 9.17) is 16.6 Å². The van der Waals surface area contributed by atoms with Gasteiger partial charge in [0.15, 0.2) is 0 Å².